The van der Waals surface area contributed by atoms with Crippen LogP contribution in [0.4, 0.5) is 5.69 Å². The van der Waals surface area contributed by atoms with Crippen molar-refractivity contribution in [3.63, 3.8) is 0 Å². The highest BCUT2D eigenvalue weighted by molar-refractivity contribution is 7.89. The summed E-state index contributed by atoms with van der Waals surface area (Å²) in [6.45, 7) is 2.74. The van der Waals surface area contributed by atoms with Gasteiger partial charge < -0.3 is 5.32 Å². The van der Waals surface area contributed by atoms with Crippen molar-refractivity contribution in [3.05, 3.63) is 18.3 Å². The summed E-state index contributed by atoms with van der Waals surface area (Å²) in [4.78, 5) is 4.00. The van der Waals surface area contributed by atoms with E-state index in [-0.39, 0.29) is 5.03 Å². The van der Waals surface area contributed by atoms with Crippen LogP contribution in [0.25, 0.3) is 0 Å². The van der Waals surface area contributed by atoms with Gasteiger partial charge in [0.05, 0.1) is 5.69 Å². The molecule has 1 aliphatic carbocycles. The topological polar surface area (TPSA) is 71.1 Å². The number of hydrogen-bond donors (Lipinski definition) is 2. The van der Waals surface area contributed by atoms with Gasteiger partial charge in [-0.2, -0.15) is 0 Å². The first-order chi connectivity index (χ1) is 10.1. The molecule has 0 amide bonds. The minimum absolute atomic E-state index is 0.0785. The molecule has 21 heavy (non-hydrogen) atoms. The molecular weight excluding hydrogens is 286 g/mol. The first-order valence-corrected chi connectivity index (χ1v) is 9.17. The number of nitrogens with one attached hydrogen (secondary N) is 2. The molecule has 118 valence electrons. The molecule has 1 saturated carbocycles. The Labute approximate surface area is 127 Å². The van der Waals surface area contributed by atoms with Crippen LogP contribution in [-0.2, 0) is 10.0 Å². The number of anilines is 1. The smallest absolute Gasteiger partial charge is 0.260 e. The summed E-state index contributed by atoms with van der Waals surface area (Å²) in [7, 11) is -1.85. The average Bonchev–Trinajstić information content (AvgIpc) is 2.53. The van der Waals surface area contributed by atoms with Crippen LogP contribution < -0.4 is 10.0 Å². The molecular formula is C15H25N3O2S. The Bertz CT molecular complexity index is 552. The summed E-state index contributed by atoms with van der Waals surface area (Å²) in [6, 6.07) is 3.44. The van der Waals surface area contributed by atoms with E-state index in [1.54, 1.807) is 19.2 Å². The van der Waals surface area contributed by atoms with E-state index in [2.05, 4.69) is 21.9 Å². The molecule has 0 bridgehead atoms. The van der Waals surface area contributed by atoms with Crippen LogP contribution in [0, 0.1) is 11.8 Å². The molecule has 1 aliphatic rings. The highest BCUT2D eigenvalue weighted by Gasteiger charge is 2.24. The summed E-state index contributed by atoms with van der Waals surface area (Å²) >= 11 is 0. The maximum atomic E-state index is 12.4. The van der Waals surface area contributed by atoms with Crippen molar-refractivity contribution in [2.45, 2.75) is 44.1 Å². The van der Waals surface area contributed by atoms with E-state index in [9.17, 15) is 8.42 Å². The molecule has 2 rings (SSSR count). The van der Waals surface area contributed by atoms with Gasteiger partial charge in [0.1, 0.15) is 0 Å². The Morgan fingerprint density at radius 3 is 2.52 bits per heavy atom. The Morgan fingerprint density at radius 2 is 1.90 bits per heavy atom. The van der Waals surface area contributed by atoms with E-state index in [0.717, 1.165) is 18.8 Å². The second kappa shape index (κ2) is 7.22. The van der Waals surface area contributed by atoms with Crippen molar-refractivity contribution in [1.29, 1.82) is 0 Å². The van der Waals surface area contributed by atoms with Gasteiger partial charge in [-0.1, -0.05) is 26.2 Å². The van der Waals surface area contributed by atoms with Gasteiger partial charge in [-0.3, -0.25) is 0 Å². The van der Waals surface area contributed by atoms with Crippen LogP contribution in [0.2, 0.25) is 0 Å². The molecule has 0 aliphatic heterocycles. The van der Waals surface area contributed by atoms with Gasteiger partial charge in [0.2, 0.25) is 0 Å². The Balaban J connectivity index is 1.96. The highest BCUT2D eigenvalue weighted by atomic mass is 32.2. The number of hydrogen-bond acceptors (Lipinski definition) is 4. The highest BCUT2D eigenvalue weighted by Crippen LogP contribution is 2.30. The van der Waals surface area contributed by atoms with Crippen LogP contribution in [0.3, 0.4) is 0 Å². The zero-order valence-corrected chi connectivity index (χ0v) is 13.6. The Hall–Kier alpha value is -1.14. The second-order valence-corrected chi connectivity index (χ2v) is 7.44. The third-order valence-electron chi connectivity index (χ3n) is 4.40. The van der Waals surface area contributed by atoms with Crippen molar-refractivity contribution in [3.8, 4) is 0 Å². The lowest BCUT2D eigenvalue weighted by Crippen LogP contribution is -2.32. The van der Waals surface area contributed by atoms with E-state index in [1.807, 2.05) is 0 Å². The summed E-state index contributed by atoms with van der Waals surface area (Å²) in [5.74, 6) is 1.27. The lowest BCUT2D eigenvalue weighted by atomic mass is 9.81. The van der Waals surface area contributed by atoms with Gasteiger partial charge in [0.15, 0.2) is 5.03 Å². The molecule has 1 heterocycles. The molecule has 2 N–H and O–H groups in total. The third-order valence-corrected chi connectivity index (χ3v) is 5.78. The fraction of sp³-hybridized carbons (Fsp3) is 0.667. The molecule has 0 unspecified atom stereocenters. The number of pyridine rings is 1. The van der Waals surface area contributed by atoms with E-state index in [1.165, 1.54) is 25.5 Å². The summed E-state index contributed by atoms with van der Waals surface area (Å²) in [5.41, 5.74) is 0.527. The normalized spacial score (nSPS) is 23.0. The Morgan fingerprint density at radius 1 is 1.24 bits per heavy atom. The Kier molecular flexibility index (Phi) is 5.58. The standard InChI is InChI=1S/C15H25N3O2S/c1-3-12-6-8-13(9-7-12)11-18-21(19,20)15-14(16-2)5-4-10-17-15/h4-5,10,12-13,16,18H,3,6-9,11H2,1-2H3. The van der Waals surface area contributed by atoms with E-state index < -0.39 is 10.0 Å². The molecule has 1 aromatic rings. The fourth-order valence-corrected chi connectivity index (χ4v) is 4.19. The van der Waals surface area contributed by atoms with Crippen molar-refractivity contribution < 1.29 is 8.42 Å². The zero-order chi connectivity index (χ0) is 15.3. The summed E-state index contributed by atoms with van der Waals surface area (Å²) in [6.07, 6.45) is 7.40. The SMILES string of the molecule is CCC1CCC(CNS(=O)(=O)c2ncccc2NC)CC1. The fourth-order valence-electron chi connectivity index (χ4n) is 2.94. The van der Waals surface area contributed by atoms with Crippen LogP contribution >= 0.6 is 0 Å². The molecule has 0 spiro atoms. The predicted octanol–water partition coefficient (Wildman–Crippen LogP) is 2.62. The lowest BCUT2D eigenvalue weighted by Gasteiger charge is -2.27. The van der Waals surface area contributed by atoms with Gasteiger partial charge in [0.25, 0.3) is 10.0 Å². The van der Waals surface area contributed by atoms with Crippen LogP contribution in [0.15, 0.2) is 23.4 Å². The van der Waals surface area contributed by atoms with Gasteiger partial charge in [0, 0.05) is 19.8 Å². The van der Waals surface area contributed by atoms with Crippen LogP contribution in [-0.4, -0.2) is 27.0 Å². The average molecular weight is 311 g/mol. The van der Waals surface area contributed by atoms with E-state index in [4.69, 9.17) is 0 Å². The van der Waals surface area contributed by atoms with E-state index >= 15 is 0 Å². The molecule has 0 atom stereocenters. The second-order valence-electron chi connectivity index (χ2n) is 5.75. The first kappa shape index (κ1) is 16.2. The maximum Gasteiger partial charge on any atom is 0.260 e. The van der Waals surface area contributed by atoms with Crippen molar-refractivity contribution in [2.75, 3.05) is 18.9 Å². The number of nitrogens with zero attached hydrogens (tertiary/aromatic N) is 1. The number of sulfonamides is 1. The molecule has 6 heteroatoms. The van der Waals surface area contributed by atoms with Gasteiger partial charge >= 0.3 is 0 Å². The molecule has 5 nitrogen and oxygen atoms in total. The molecule has 0 saturated heterocycles. The van der Waals surface area contributed by atoms with Gasteiger partial charge in [-0.25, -0.2) is 18.1 Å². The molecule has 0 aromatic carbocycles. The number of aromatic nitrogens is 1. The van der Waals surface area contributed by atoms with Gasteiger partial charge in [-0.15, -0.1) is 0 Å². The van der Waals surface area contributed by atoms with Gasteiger partial charge in [-0.05, 0) is 36.8 Å². The minimum atomic E-state index is -3.55. The third kappa shape index (κ3) is 4.17. The summed E-state index contributed by atoms with van der Waals surface area (Å²) < 4.78 is 27.4. The minimum Gasteiger partial charge on any atom is -0.386 e. The van der Waals surface area contributed by atoms with Crippen LogP contribution in [0.5, 0.6) is 0 Å². The molecule has 0 radical (unpaired) electrons. The monoisotopic (exact) mass is 311 g/mol. The first-order valence-electron chi connectivity index (χ1n) is 7.69. The van der Waals surface area contributed by atoms with Crippen molar-refractivity contribution in [2.24, 2.45) is 11.8 Å². The largest absolute Gasteiger partial charge is 0.386 e. The zero-order valence-electron chi connectivity index (χ0n) is 12.8. The predicted molar refractivity (Wildman–Crippen MR) is 84.7 cm³/mol. The number of rotatable bonds is 6. The van der Waals surface area contributed by atoms with Crippen molar-refractivity contribution in [1.82, 2.24) is 9.71 Å². The van der Waals surface area contributed by atoms with E-state index in [0.29, 0.717) is 18.2 Å². The molecule has 1 aromatic heterocycles. The van der Waals surface area contributed by atoms with Crippen molar-refractivity contribution >= 4 is 15.7 Å². The quantitative estimate of drug-likeness (QED) is 0.847. The lowest BCUT2D eigenvalue weighted by molar-refractivity contribution is 0.270. The van der Waals surface area contributed by atoms with Crippen LogP contribution in [0.1, 0.15) is 39.0 Å². The maximum absolute atomic E-state index is 12.4. The molecule has 1 fully saturated rings. The summed E-state index contributed by atoms with van der Waals surface area (Å²) in [5, 5.41) is 2.95.